The van der Waals surface area contributed by atoms with Gasteiger partial charge in [-0.2, -0.15) is 0 Å². The van der Waals surface area contributed by atoms with Crippen molar-refractivity contribution in [1.29, 1.82) is 0 Å². The van der Waals surface area contributed by atoms with Gasteiger partial charge in [-0.15, -0.1) is 0 Å². The molecule has 1 heterocycles. The lowest BCUT2D eigenvalue weighted by molar-refractivity contribution is -0.632. The Bertz CT molecular complexity index is 1150. The minimum absolute atomic E-state index is 0.135. The number of aryl methyl sites for hydroxylation is 3. The van der Waals surface area contributed by atoms with Crippen LogP contribution in [0.2, 0.25) is 0 Å². The van der Waals surface area contributed by atoms with E-state index in [1.54, 1.807) is 0 Å². The second-order valence-corrected chi connectivity index (χ2v) is 8.14. The molecule has 0 aliphatic rings. The number of aromatic nitrogens is 2. The highest BCUT2D eigenvalue weighted by Gasteiger charge is 2.19. The van der Waals surface area contributed by atoms with Crippen LogP contribution in [-0.4, -0.2) is 37.7 Å². The van der Waals surface area contributed by atoms with Gasteiger partial charge in [0.1, 0.15) is 16.7 Å². The fourth-order valence-electron chi connectivity index (χ4n) is 3.29. The highest BCUT2D eigenvalue weighted by Crippen LogP contribution is 2.26. The molecule has 30 heavy (non-hydrogen) atoms. The van der Waals surface area contributed by atoms with Gasteiger partial charge in [-0.1, -0.05) is 17.2 Å². The molecule has 10 heteroatoms. The van der Waals surface area contributed by atoms with Crippen LogP contribution in [-0.2, 0) is 28.7 Å². The molecule has 0 saturated carbocycles. The highest BCUT2D eigenvalue weighted by atomic mass is 32.3. The van der Waals surface area contributed by atoms with Gasteiger partial charge in [-0.3, -0.25) is 4.18 Å². The Balaban J connectivity index is 1.71. The molecular formula is C20H25N5O4S. The van der Waals surface area contributed by atoms with Gasteiger partial charge in [-0.25, -0.2) is 17.6 Å². The zero-order valence-corrected chi connectivity index (χ0v) is 18.3. The van der Waals surface area contributed by atoms with Gasteiger partial charge in [-0.05, 0) is 49.2 Å². The van der Waals surface area contributed by atoms with Crippen molar-refractivity contribution in [3.8, 4) is 0 Å². The van der Waals surface area contributed by atoms with Crippen molar-refractivity contribution in [3.63, 3.8) is 0 Å². The number of rotatable bonds is 8. The Morgan fingerprint density at radius 1 is 1.20 bits per heavy atom. The Hall–Kier alpha value is -2.82. The molecule has 0 aliphatic carbocycles. The summed E-state index contributed by atoms with van der Waals surface area (Å²) in [6, 6.07) is 13.9. The van der Waals surface area contributed by atoms with Crippen molar-refractivity contribution in [2.75, 3.05) is 25.1 Å². The maximum Gasteiger partial charge on any atom is 0.422 e. The number of benzene rings is 2. The SMILES string of the molecule is Cc1cc(N(C)CCCOS(=O)(=O)[O-])ccc1N=Nc1n(C)c2ccccc2[n+]1C. The lowest BCUT2D eigenvalue weighted by Gasteiger charge is -2.20. The van der Waals surface area contributed by atoms with Gasteiger partial charge >= 0.3 is 5.95 Å². The van der Waals surface area contributed by atoms with E-state index in [1.165, 1.54) is 0 Å². The standard InChI is InChI=1S/C20H25N5O4S/c1-15-14-16(23(2)12-7-13-29-30(26,27)28)10-11-17(15)21-22-20-24(3)18-8-5-6-9-19(18)25(20)4/h5-6,8-11,14H,7,12-13H2,1-4H3. The molecule has 160 valence electrons. The Labute approximate surface area is 176 Å². The van der Waals surface area contributed by atoms with Gasteiger partial charge in [0.2, 0.25) is 10.4 Å². The van der Waals surface area contributed by atoms with Crippen LogP contribution in [0, 0.1) is 6.92 Å². The molecule has 0 atom stereocenters. The van der Waals surface area contributed by atoms with Gasteiger partial charge in [0.25, 0.3) is 0 Å². The maximum atomic E-state index is 10.5. The largest absolute Gasteiger partial charge is 0.726 e. The molecule has 0 saturated heterocycles. The summed E-state index contributed by atoms with van der Waals surface area (Å²) in [5.41, 5.74) is 4.83. The summed E-state index contributed by atoms with van der Waals surface area (Å²) in [6.07, 6.45) is 0.413. The lowest BCUT2D eigenvalue weighted by atomic mass is 10.1. The summed E-state index contributed by atoms with van der Waals surface area (Å²) < 4.78 is 39.6. The van der Waals surface area contributed by atoms with E-state index in [1.807, 2.05) is 84.6 Å². The maximum absolute atomic E-state index is 10.5. The number of fused-ring (bicyclic) bond motifs is 1. The molecule has 0 spiro atoms. The molecule has 3 aromatic rings. The van der Waals surface area contributed by atoms with Crippen LogP contribution < -0.4 is 9.47 Å². The summed E-state index contributed by atoms with van der Waals surface area (Å²) >= 11 is 0. The smallest absolute Gasteiger partial charge is 0.422 e. The summed E-state index contributed by atoms with van der Waals surface area (Å²) in [7, 11) is 1.17. The number of hydrogen-bond donors (Lipinski definition) is 0. The van der Waals surface area contributed by atoms with Crippen molar-refractivity contribution < 1.29 is 21.7 Å². The normalized spacial score (nSPS) is 12.2. The van der Waals surface area contributed by atoms with E-state index in [4.69, 9.17) is 0 Å². The Morgan fingerprint density at radius 2 is 1.93 bits per heavy atom. The topological polar surface area (TPSA) is 103 Å². The quantitative estimate of drug-likeness (QED) is 0.179. The second kappa shape index (κ2) is 8.90. The summed E-state index contributed by atoms with van der Waals surface area (Å²) in [6.45, 7) is 2.37. The number of para-hydroxylation sites is 2. The van der Waals surface area contributed by atoms with Crippen molar-refractivity contribution in [2.45, 2.75) is 13.3 Å². The number of nitrogens with zero attached hydrogens (tertiary/aromatic N) is 5. The highest BCUT2D eigenvalue weighted by molar-refractivity contribution is 7.80. The Morgan fingerprint density at radius 3 is 2.60 bits per heavy atom. The summed E-state index contributed by atoms with van der Waals surface area (Å²) in [5, 5.41) is 8.91. The van der Waals surface area contributed by atoms with E-state index in [0.717, 1.165) is 33.9 Å². The number of anilines is 1. The fourth-order valence-corrected chi connectivity index (χ4v) is 3.61. The average Bonchev–Trinajstić information content (AvgIpc) is 2.94. The van der Waals surface area contributed by atoms with E-state index in [9.17, 15) is 13.0 Å². The van der Waals surface area contributed by atoms with Gasteiger partial charge in [0.15, 0.2) is 0 Å². The molecule has 0 bridgehead atoms. The Kier molecular flexibility index (Phi) is 6.49. The molecule has 2 aromatic carbocycles. The summed E-state index contributed by atoms with van der Waals surface area (Å²) in [4.78, 5) is 1.96. The predicted octanol–water partition coefficient (Wildman–Crippen LogP) is 3.03. The van der Waals surface area contributed by atoms with Crippen LogP contribution in [0.25, 0.3) is 11.0 Å². The fraction of sp³-hybridized carbons (Fsp3) is 0.350. The van der Waals surface area contributed by atoms with E-state index in [-0.39, 0.29) is 6.61 Å². The van der Waals surface area contributed by atoms with E-state index >= 15 is 0 Å². The molecular weight excluding hydrogens is 406 g/mol. The summed E-state index contributed by atoms with van der Waals surface area (Å²) in [5.74, 6) is 0.741. The second-order valence-electron chi connectivity index (χ2n) is 7.08. The molecule has 0 N–H and O–H groups in total. The first-order valence-electron chi connectivity index (χ1n) is 9.44. The van der Waals surface area contributed by atoms with E-state index in [0.29, 0.717) is 13.0 Å². The third-order valence-electron chi connectivity index (χ3n) is 4.94. The average molecular weight is 432 g/mol. The lowest BCUT2D eigenvalue weighted by Crippen LogP contribution is -2.26. The van der Waals surface area contributed by atoms with Crippen LogP contribution in [0.15, 0.2) is 52.7 Å². The first-order valence-corrected chi connectivity index (χ1v) is 10.8. The van der Waals surface area contributed by atoms with Gasteiger partial charge in [0, 0.05) is 24.4 Å². The van der Waals surface area contributed by atoms with Crippen molar-refractivity contribution in [3.05, 3.63) is 48.0 Å². The number of imidazole rings is 1. The zero-order chi connectivity index (χ0) is 21.9. The van der Waals surface area contributed by atoms with Gasteiger partial charge in [0.05, 0.1) is 20.7 Å². The van der Waals surface area contributed by atoms with E-state index < -0.39 is 10.4 Å². The van der Waals surface area contributed by atoms with Gasteiger partial charge < -0.3 is 9.45 Å². The monoisotopic (exact) mass is 431 g/mol. The zero-order valence-electron chi connectivity index (χ0n) is 17.4. The predicted molar refractivity (Wildman–Crippen MR) is 113 cm³/mol. The molecule has 0 aliphatic heterocycles. The molecule has 0 amide bonds. The van der Waals surface area contributed by atoms with Crippen LogP contribution in [0.5, 0.6) is 0 Å². The molecule has 1 aromatic heterocycles. The molecule has 3 rings (SSSR count). The molecule has 0 fully saturated rings. The number of azo groups is 1. The molecule has 9 nitrogen and oxygen atoms in total. The molecule has 0 unspecified atom stereocenters. The molecule has 0 radical (unpaired) electrons. The van der Waals surface area contributed by atoms with Crippen molar-refractivity contribution in [1.82, 2.24) is 4.57 Å². The van der Waals surface area contributed by atoms with Crippen LogP contribution >= 0.6 is 0 Å². The third kappa shape index (κ3) is 5.02. The van der Waals surface area contributed by atoms with Crippen LogP contribution in [0.1, 0.15) is 12.0 Å². The third-order valence-corrected chi connectivity index (χ3v) is 5.39. The first-order chi connectivity index (χ1) is 14.2. The number of hydrogen-bond acceptors (Lipinski definition) is 7. The first kappa shape index (κ1) is 21.9. The van der Waals surface area contributed by atoms with Crippen molar-refractivity contribution >= 4 is 38.8 Å². The van der Waals surface area contributed by atoms with Crippen molar-refractivity contribution in [2.24, 2.45) is 24.3 Å². The minimum Gasteiger partial charge on any atom is -0.726 e. The van der Waals surface area contributed by atoms with Crippen LogP contribution in [0.4, 0.5) is 17.3 Å². The van der Waals surface area contributed by atoms with Crippen LogP contribution in [0.3, 0.4) is 0 Å². The van der Waals surface area contributed by atoms with E-state index in [2.05, 4.69) is 14.4 Å². The minimum atomic E-state index is -4.64.